The smallest absolute Gasteiger partial charge is 0.115 e. The number of aromatic nitrogens is 2. The lowest BCUT2D eigenvalue weighted by molar-refractivity contribution is 0.527. The topological polar surface area (TPSA) is 51.0 Å². The lowest BCUT2D eigenvalue weighted by atomic mass is 10.0. The molecular formula is C11H13N3O. The lowest BCUT2D eigenvalue weighted by Crippen LogP contribution is -2.17. The molecule has 0 aliphatic carbocycles. The fraction of sp³-hybridized carbons (Fsp3) is 0.273. The first kappa shape index (κ1) is 9.86. The van der Waals surface area contributed by atoms with Gasteiger partial charge in [-0.25, -0.2) is 9.97 Å². The summed E-state index contributed by atoms with van der Waals surface area (Å²) in [4.78, 5) is 8.01. The van der Waals surface area contributed by atoms with Gasteiger partial charge in [0.15, 0.2) is 0 Å². The summed E-state index contributed by atoms with van der Waals surface area (Å²) in [7, 11) is 1.90. The maximum absolute atomic E-state index is 5.29. The third kappa shape index (κ3) is 2.05. The van der Waals surface area contributed by atoms with Gasteiger partial charge < -0.3 is 9.73 Å². The van der Waals surface area contributed by atoms with E-state index >= 15 is 0 Å². The number of furan rings is 1. The summed E-state index contributed by atoms with van der Waals surface area (Å²) in [5.74, 6) is 0.905. The van der Waals surface area contributed by atoms with Gasteiger partial charge in [0.05, 0.1) is 12.3 Å². The molecule has 1 unspecified atom stereocenters. The normalized spacial score (nSPS) is 12.7. The van der Waals surface area contributed by atoms with Crippen molar-refractivity contribution in [1.82, 2.24) is 15.3 Å². The molecule has 0 aliphatic heterocycles. The van der Waals surface area contributed by atoms with Crippen molar-refractivity contribution >= 4 is 0 Å². The molecule has 0 saturated heterocycles. The van der Waals surface area contributed by atoms with E-state index in [1.54, 1.807) is 18.7 Å². The summed E-state index contributed by atoms with van der Waals surface area (Å²) >= 11 is 0. The third-order valence-electron chi connectivity index (χ3n) is 2.29. The van der Waals surface area contributed by atoms with Gasteiger partial charge in [-0.2, -0.15) is 0 Å². The minimum absolute atomic E-state index is 0.0867. The molecule has 2 heterocycles. The molecule has 0 saturated carbocycles. The highest BCUT2D eigenvalue weighted by molar-refractivity contribution is 5.27. The fourth-order valence-electron chi connectivity index (χ4n) is 1.60. The fourth-order valence-corrected chi connectivity index (χ4v) is 1.60. The number of aryl methyl sites for hydroxylation is 1. The average molecular weight is 203 g/mol. The van der Waals surface area contributed by atoms with E-state index in [-0.39, 0.29) is 6.04 Å². The Hall–Kier alpha value is -1.68. The molecule has 2 aromatic heterocycles. The van der Waals surface area contributed by atoms with Gasteiger partial charge in [0.2, 0.25) is 0 Å². The Labute approximate surface area is 88.4 Å². The Morgan fingerprint density at radius 3 is 2.53 bits per heavy atom. The second-order valence-electron chi connectivity index (χ2n) is 3.38. The molecule has 0 fully saturated rings. The molecule has 1 N–H and O–H groups in total. The van der Waals surface area contributed by atoms with E-state index in [4.69, 9.17) is 4.42 Å². The zero-order valence-corrected chi connectivity index (χ0v) is 8.77. The quantitative estimate of drug-likeness (QED) is 0.824. The van der Waals surface area contributed by atoms with Crippen LogP contribution < -0.4 is 5.32 Å². The van der Waals surface area contributed by atoms with Crippen LogP contribution in [0, 0.1) is 6.92 Å². The molecule has 4 nitrogen and oxygen atoms in total. The SMILES string of the molecule is CNC(c1cncnc1)c1coc(C)c1. The van der Waals surface area contributed by atoms with Gasteiger partial charge in [-0.05, 0) is 20.0 Å². The molecule has 2 aromatic rings. The molecule has 15 heavy (non-hydrogen) atoms. The Morgan fingerprint density at radius 1 is 1.27 bits per heavy atom. The van der Waals surface area contributed by atoms with E-state index in [1.165, 1.54) is 6.33 Å². The zero-order valence-electron chi connectivity index (χ0n) is 8.77. The van der Waals surface area contributed by atoms with E-state index in [9.17, 15) is 0 Å². The van der Waals surface area contributed by atoms with Crippen molar-refractivity contribution in [1.29, 1.82) is 0 Å². The number of nitrogens with one attached hydrogen (secondary N) is 1. The van der Waals surface area contributed by atoms with E-state index in [1.807, 2.05) is 20.0 Å². The van der Waals surface area contributed by atoms with Gasteiger partial charge in [-0.3, -0.25) is 0 Å². The number of hydrogen-bond donors (Lipinski definition) is 1. The van der Waals surface area contributed by atoms with Crippen LogP contribution >= 0.6 is 0 Å². The van der Waals surface area contributed by atoms with Crippen LogP contribution in [0.3, 0.4) is 0 Å². The number of rotatable bonds is 3. The largest absolute Gasteiger partial charge is 0.469 e. The standard InChI is InChI=1S/C11H13N3O/c1-8-3-9(6-15-8)11(12-2)10-4-13-7-14-5-10/h3-7,11-12H,1-2H3. The van der Waals surface area contributed by atoms with Crippen molar-refractivity contribution in [3.05, 3.63) is 47.9 Å². The van der Waals surface area contributed by atoms with Crippen LogP contribution in [0.4, 0.5) is 0 Å². The second kappa shape index (κ2) is 4.23. The van der Waals surface area contributed by atoms with Crippen LogP contribution in [0.15, 0.2) is 35.5 Å². The monoisotopic (exact) mass is 203 g/mol. The molecule has 0 aliphatic rings. The molecule has 78 valence electrons. The first-order valence-corrected chi connectivity index (χ1v) is 4.78. The first-order valence-electron chi connectivity index (χ1n) is 4.78. The van der Waals surface area contributed by atoms with Gasteiger partial charge in [0, 0.05) is 23.5 Å². The molecule has 0 amide bonds. The minimum Gasteiger partial charge on any atom is -0.469 e. The second-order valence-corrected chi connectivity index (χ2v) is 3.38. The van der Waals surface area contributed by atoms with Gasteiger partial charge in [0.25, 0.3) is 0 Å². The van der Waals surface area contributed by atoms with E-state index in [0.29, 0.717) is 0 Å². The lowest BCUT2D eigenvalue weighted by Gasteiger charge is -2.13. The first-order chi connectivity index (χ1) is 7.31. The van der Waals surface area contributed by atoms with Crippen molar-refractivity contribution in [3.63, 3.8) is 0 Å². The van der Waals surface area contributed by atoms with E-state index < -0.39 is 0 Å². The van der Waals surface area contributed by atoms with Gasteiger partial charge in [-0.1, -0.05) is 0 Å². The van der Waals surface area contributed by atoms with Crippen molar-refractivity contribution in [2.45, 2.75) is 13.0 Å². The Morgan fingerprint density at radius 2 is 2.00 bits per heavy atom. The zero-order chi connectivity index (χ0) is 10.7. The number of nitrogens with zero attached hydrogens (tertiary/aromatic N) is 2. The van der Waals surface area contributed by atoms with Crippen LogP contribution in [0.5, 0.6) is 0 Å². The summed E-state index contributed by atoms with van der Waals surface area (Å²) < 4.78 is 5.29. The maximum Gasteiger partial charge on any atom is 0.115 e. The highest BCUT2D eigenvalue weighted by Crippen LogP contribution is 2.21. The van der Waals surface area contributed by atoms with E-state index in [2.05, 4.69) is 15.3 Å². The van der Waals surface area contributed by atoms with Crippen molar-refractivity contribution in [2.24, 2.45) is 0 Å². The summed E-state index contributed by atoms with van der Waals surface area (Å²) in [6, 6.07) is 2.09. The molecule has 1 atom stereocenters. The van der Waals surface area contributed by atoms with Crippen LogP contribution in [0.25, 0.3) is 0 Å². The van der Waals surface area contributed by atoms with Crippen LogP contribution in [-0.2, 0) is 0 Å². The third-order valence-corrected chi connectivity index (χ3v) is 2.29. The number of hydrogen-bond acceptors (Lipinski definition) is 4. The van der Waals surface area contributed by atoms with Gasteiger partial charge in [-0.15, -0.1) is 0 Å². The highest BCUT2D eigenvalue weighted by Gasteiger charge is 2.14. The van der Waals surface area contributed by atoms with Crippen molar-refractivity contribution in [2.75, 3.05) is 7.05 Å². The summed E-state index contributed by atoms with van der Waals surface area (Å²) in [5, 5.41) is 3.21. The van der Waals surface area contributed by atoms with Gasteiger partial charge >= 0.3 is 0 Å². The average Bonchev–Trinajstić information content (AvgIpc) is 2.68. The maximum atomic E-state index is 5.29. The van der Waals surface area contributed by atoms with Crippen molar-refractivity contribution < 1.29 is 4.42 Å². The van der Waals surface area contributed by atoms with Crippen molar-refractivity contribution in [3.8, 4) is 0 Å². The molecule has 0 radical (unpaired) electrons. The Balaban J connectivity index is 2.33. The minimum atomic E-state index is 0.0867. The molecule has 0 spiro atoms. The molecule has 4 heteroatoms. The van der Waals surface area contributed by atoms with Crippen LogP contribution in [-0.4, -0.2) is 17.0 Å². The van der Waals surface area contributed by atoms with Crippen LogP contribution in [0.2, 0.25) is 0 Å². The summed E-state index contributed by atoms with van der Waals surface area (Å²) in [5.41, 5.74) is 2.12. The molecule has 0 bridgehead atoms. The molecule has 2 rings (SSSR count). The predicted octanol–water partition coefficient (Wildman–Crippen LogP) is 1.69. The molecule has 0 aromatic carbocycles. The Bertz CT molecular complexity index is 424. The van der Waals surface area contributed by atoms with Crippen LogP contribution in [0.1, 0.15) is 22.9 Å². The predicted molar refractivity (Wildman–Crippen MR) is 56.4 cm³/mol. The summed E-state index contributed by atoms with van der Waals surface area (Å²) in [6.07, 6.45) is 6.88. The summed E-state index contributed by atoms with van der Waals surface area (Å²) in [6.45, 7) is 1.93. The molecular weight excluding hydrogens is 190 g/mol. The highest BCUT2D eigenvalue weighted by atomic mass is 16.3. The Kier molecular flexibility index (Phi) is 2.78. The van der Waals surface area contributed by atoms with Gasteiger partial charge in [0.1, 0.15) is 12.1 Å². The van der Waals surface area contributed by atoms with E-state index in [0.717, 1.165) is 16.9 Å².